The Balaban J connectivity index is 0.00000115. The van der Waals surface area contributed by atoms with Crippen LogP contribution in [0.1, 0.15) is 48.3 Å². The van der Waals surface area contributed by atoms with Gasteiger partial charge in [-0.3, -0.25) is 9.59 Å². The van der Waals surface area contributed by atoms with Gasteiger partial charge in [0.15, 0.2) is 0 Å². The molecule has 1 aliphatic rings. The molecule has 10 heteroatoms. The maximum absolute atomic E-state index is 14.1. The summed E-state index contributed by atoms with van der Waals surface area (Å²) in [7, 11) is 0. The van der Waals surface area contributed by atoms with Gasteiger partial charge in [0.2, 0.25) is 5.91 Å². The molecule has 2 atom stereocenters. The van der Waals surface area contributed by atoms with Gasteiger partial charge in [-0.25, -0.2) is 4.39 Å². The molecule has 1 aliphatic carbocycles. The van der Waals surface area contributed by atoms with E-state index >= 15 is 0 Å². The highest BCUT2D eigenvalue weighted by atomic mass is 32.1. The van der Waals surface area contributed by atoms with Gasteiger partial charge in [0.25, 0.3) is 6.47 Å². The van der Waals surface area contributed by atoms with E-state index < -0.39 is 17.6 Å². The van der Waals surface area contributed by atoms with Crippen LogP contribution in [0.4, 0.5) is 23.2 Å². The van der Waals surface area contributed by atoms with E-state index in [9.17, 15) is 27.6 Å². The van der Waals surface area contributed by atoms with Crippen molar-refractivity contribution in [3.05, 3.63) is 75.7 Å². The molecule has 1 aromatic heterocycles. The number of amides is 1. The van der Waals surface area contributed by atoms with Gasteiger partial charge in [-0.1, -0.05) is 30.7 Å². The maximum Gasteiger partial charge on any atom is 0.416 e. The van der Waals surface area contributed by atoms with Crippen LogP contribution in [0.2, 0.25) is 0 Å². The number of carboxylic acid groups (broad SMARTS) is 1. The van der Waals surface area contributed by atoms with E-state index in [0.29, 0.717) is 24.5 Å². The van der Waals surface area contributed by atoms with Gasteiger partial charge in [-0.05, 0) is 59.9 Å². The van der Waals surface area contributed by atoms with Crippen molar-refractivity contribution in [3.63, 3.8) is 0 Å². The van der Waals surface area contributed by atoms with Crippen molar-refractivity contribution in [2.75, 3.05) is 5.32 Å². The molecule has 36 heavy (non-hydrogen) atoms. The topological polar surface area (TPSA) is 90.2 Å². The Bertz CT molecular complexity index is 1250. The lowest BCUT2D eigenvalue weighted by Gasteiger charge is -2.29. The van der Waals surface area contributed by atoms with E-state index in [-0.39, 0.29) is 29.9 Å². The summed E-state index contributed by atoms with van der Waals surface area (Å²) in [6.07, 6.45) is -1.68. The van der Waals surface area contributed by atoms with Crippen molar-refractivity contribution >= 4 is 29.4 Å². The lowest BCUT2D eigenvalue weighted by Crippen LogP contribution is -2.28. The molecular formula is C26H22F4N2O3S. The first-order valence-electron chi connectivity index (χ1n) is 11.0. The van der Waals surface area contributed by atoms with E-state index in [1.54, 1.807) is 0 Å². The number of carbonyl (C=O) groups excluding carboxylic acids is 1. The molecule has 0 aliphatic heterocycles. The van der Waals surface area contributed by atoms with Crippen molar-refractivity contribution in [1.29, 1.82) is 5.26 Å². The maximum atomic E-state index is 14.1. The number of nitriles is 1. The van der Waals surface area contributed by atoms with E-state index in [0.717, 1.165) is 41.7 Å². The minimum atomic E-state index is -4.64. The molecule has 1 fully saturated rings. The Kier molecular flexibility index (Phi) is 8.83. The number of nitrogens with one attached hydrogen (secondary N) is 1. The molecule has 2 unspecified atom stereocenters. The lowest BCUT2D eigenvalue weighted by molar-refractivity contribution is -0.137. The summed E-state index contributed by atoms with van der Waals surface area (Å²) in [4.78, 5) is 21.1. The first-order chi connectivity index (χ1) is 17.2. The molecule has 2 N–H and O–H groups in total. The van der Waals surface area contributed by atoms with Crippen molar-refractivity contribution in [2.45, 2.75) is 37.8 Å². The third-order valence-electron chi connectivity index (χ3n) is 6.07. The highest BCUT2D eigenvalue weighted by molar-refractivity contribution is 7.08. The normalized spacial score (nSPS) is 17.3. The van der Waals surface area contributed by atoms with Crippen LogP contribution in [0.3, 0.4) is 0 Å². The monoisotopic (exact) mass is 518 g/mol. The molecule has 188 valence electrons. The van der Waals surface area contributed by atoms with E-state index in [1.807, 2.05) is 35.0 Å². The van der Waals surface area contributed by atoms with Crippen LogP contribution in [0.25, 0.3) is 11.1 Å². The summed E-state index contributed by atoms with van der Waals surface area (Å²) in [5.41, 5.74) is 2.24. The Labute approximate surface area is 209 Å². The number of carbonyl (C=O) groups is 2. The van der Waals surface area contributed by atoms with Crippen LogP contribution in [0.15, 0.2) is 53.2 Å². The largest absolute Gasteiger partial charge is 0.483 e. The molecule has 0 spiro atoms. The minimum Gasteiger partial charge on any atom is -0.483 e. The van der Waals surface area contributed by atoms with Gasteiger partial charge >= 0.3 is 6.18 Å². The number of rotatable bonds is 4. The average Bonchev–Trinajstić information content (AvgIpc) is 3.34. The fourth-order valence-corrected chi connectivity index (χ4v) is 5.08. The highest BCUT2D eigenvalue weighted by Crippen LogP contribution is 2.38. The highest BCUT2D eigenvalue weighted by Gasteiger charge is 2.32. The zero-order valence-electron chi connectivity index (χ0n) is 18.9. The third-order valence-corrected chi connectivity index (χ3v) is 6.82. The first-order valence-corrected chi connectivity index (χ1v) is 11.9. The predicted octanol–water partition coefficient (Wildman–Crippen LogP) is 7.06. The van der Waals surface area contributed by atoms with Gasteiger partial charge in [-0.15, -0.1) is 0 Å². The van der Waals surface area contributed by atoms with Gasteiger partial charge in [0.1, 0.15) is 11.9 Å². The number of benzene rings is 2. The van der Waals surface area contributed by atoms with Gasteiger partial charge in [-0.2, -0.15) is 29.8 Å². The molecular weight excluding hydrogens is 496 g/mol. The molecule has 4 rings (SSSR count). The Morgan fingerprint density at radius 3 is 2.44 bits per heavy atom. The quantitative estimate of drug-likeness (QED) is 0.286. The molecule has 0 radical (unpaired) electrons. The average molecular weight is 519 g/mol. The molecule has 1 heterocycles. The van der Waals surface area contributed by atoms with Crippen LogP contribution in [0, 0.1) is 23.1 Å². The predicted molar refractivity (Wildman–Crippen MR) is 128 cm³/mol. The van der Waals surface area contributed by atoms with Crippen molar-refractivity contribution < 1.29 is 32.3 Å². The van der Waals surface area contributed by atoms with Crippen molar-refractivity contribution in [3.8, 4) is 17.2 Å². The van der Waals surface area contributed by atoms with Crippen LogP contribution in [-0.2, 0) is 15.8 Å². The second kappa shape index (κ2) is 11.8. The fourth-order valence-electron chi connectivity index (χ4n) is 4.30. The van der Waals surface area contributed by atoms with Crippen LogP contribution < -0.4 is 5.32 Å². The number of hydrogen-bond donors (Lipinski definition) is 2. The van der Waals surface area contributed by atoms with E-state index in [1.165, 1.54) is 11.3 Å². The molecule has 1 saturated carbocycles. The van der Waals surface area contributed by atoms with E-state index in [4.69, 9.17) is 9.90 Å². The van der Waals surface area contributed by atoms with Gasteiger partial charge < -0.3 is 10.4 Å². The fraction of sp³-hybridized carbons (Fsp3) is 0.269. The van der Waals surface area contributed by atoms with Crippen LogP contribution >= 0.6 is 11.3 Å². The lowest BCUT2D eigenvalue weighted by atomic mass is 9.77. The summed E-state index contributed by atoms with van der Waals surface area (Å²) in [5.74, 6) is -1.69. The summed E-state index contributed by atoms with van der Waals surface area (Å²) in [6.45, 7) is -0.250. The Hall–Kier alpha value is -3.71. The smallest absolute Gasteiger partial charge is 0.416 e. The minimum absolute atomic E-state index is 0.152. The Morgan fingerprint density at radius 1 is 1.14 bits per heavy atom. The summed E-state index contributed by atoms with van der Waals surface area (Å²) >= 11 is 1.48. The molecule has 2 aromatic carbocycles. The van der Waals surface area contributed by atoms with Crippen LogP contribution in [-0.4, -0.2) is 17.5 Å². The van der Waals surface area contributed by atoms with Gasteiger partial charge in [0, 0.05) is 16.9 Å². The Morgan fingerprint density at radius 2 is 1.83 bits per heavy atom. The second-order valence-electron chi connectivity index (χ2n) is 8.28. The molecule has 0 bridgehead atoms. The number of alkyl halides is 3. The number of hydrogen-bond acceptors (Lipinski definition) is 4. The summed E-state index contributed by atoms with van der Waals surface area (Å²) in [6, 6.07) is 12.3. The molecule has 3 aromatic rings. The summed E-state index contributed by atoms with van der Waals surface area (Å²) < 4.78 is 52.3. The molecule has 5 nitrogen and oxygen atoms in total. The zero-order valence-corrected chi connectivity index (χ0v) is 19.7. The van der Waals surface area contributed by atoms with Crippen molar-refractivity contribution in [2.24, 2.45) is 5.92 Å². The van der Waals surface area contributed by atoms with E-state index in [2.05, 4.69) is 11.4 Å². The number of thiophene rings is 1. The standard InChI is InChI=1S/C25H20F4N2OS.CH2O2/c26-22-11-20(25(27,28)29)8-9-23(22)31-24(32)18-3-1-2-17(10-18)15-4-6-16(7-5-15)21-14-33-13-19(21)12-30;2-1-3/h4-9,11,13-14,17-18H,1-3,10H2,(H,31,32);1H,(H,2,3). The SMILES string of the molecule is N#Cc1cscc1-c1ccc(C2CCCC(C(=O)Nc3ccc(C(F)(F)F)cc3F)C2)cc1.O=CO. The number of nitrogens with zero attached hydrogens (tertiary/aromatic N) is 1. The zero-order chi connectivity index (χ0) is 26.3. The first kappa shape index (κ1) is 26.9. The molecule has 1 amide bonds. The van der Waals surface area contributed by atoms with Crippen molar-refractivity contribution in [1.82, 2.24) is 0 Å². The third kappa shape index (κ3) is 6.49. The summed E-state index contributed by atoms with van der Waals surface area (Å²) in [5, 5.41) is 22.3. The van der Waals surface area contributed by atoms with Gasteiger partial charge in [0.05, 0.1) is 16.8 Å². The second-order valence-corrected chi connectivity index (χ2v) is 9.02. The molecule has 0 saturated heterocycles. The van der Waals surface area contributed by atoms with Crippen LogP contribution in [0.5, 0.6) is 0 Å². The number of halogens is 4. The number of anilines is 1.